The van der Waals surface area contributed by atoms with Gasteiger partial charge in [-0.25, -0.2) is 0 Å². The van der Waals surface area contributed by atoms with Gasteiger partial charge in [0.25, 0.3) is 0 Å². The Morgan fingerprint density at radius 1 is 0.793 bits per heavy atom. The molecule has 0 saturated heterocycles. The summed E-state index contributed by atoms with van der Waals surface area (Å²) in [5.41, 5.74) is 3.78. The Hall–Kier alpha value is -3.53. The SMILES string of the molecule is CCN(CC)c1ccc(/C=N\N=C(\C(=O)c2ccccc2)c2ccccc2)cc1. The van der Waals surface area contributed by atoms with Crippen LogP contribution in [0.2, 0.25) is 0 Å². The molecule has 4 heteroatoms. The minimum Gasteiger partial charge on any atom is -0.372 e. The first-order chi connectivity index (χ1) is 14.2. The van der Waals surface area contributed by atoms with Gasteiger partial charge in [0.1, 0.15) is 5.71 Å². The zero-order chi connectivity index (χ0) is 20.5. The quantitative estimate of drug-likeness (QED) is 0.303. The monoisotopic (exact) mass is 383 g/mol. The van der Waals surface area contributed by atoms with Crippen LogP contribution < -0.4 is 4.90 Å². The molecule has 0 aromatic heterocycles. The molecule has 3 aromatic carbocycles. The van der Waals surface area contributed by atoms with E-state index >= 15 is 0 Å². The number of rotatable bonds is 8. The van der Waals surface area contributed by atoms with E-state index < -0.39 is 0 Å². The smallest absolute Gasteiger partial charge is 0.213 e. The van der Waals surface area contributed by atoms with Crippen molar-refractivity contribution in [3.05, 3.63) is 102 Å². The topological polar surface area (TPSA) is 45.0 Å². The van der Waals surface area contributed by atoms with E-state index in [0.717, 1.165) is 24.2 Å². The molecular weight excluding hydrogens is 358 g/mol. The maximum atomic E-state index is 13.0. The summed E-state index contributed by atoms with van der Waals surface area (Å²) in [4.78, 5) is 15.2. The summed E-state index contributed by atoms with van der Waals surface area (Å²) < 4.78 is 0. The van der Waals surface area contributed by atoms with Crippen molar-refractivity contribution >= 4 is 23.4 Å². The summed E-state index contributed by atoms with van der Waals surface area (Å²) in [5.74, 6) is -0.147. The molecule has 0 spiro atoms. The number of carbonyl (C=O) groups is 1. The van der Waals surface area contributed by atoms with Crippen LogP contribution >= 0.6 is 0 Å². The lowest BCUT2D eigenvalue weighted by Gasteiger charge is -2.20. The lowest BCUT2D eigenvalue weighted by atomic mass is 10.0. The number of hydrogen-bond acceptors (Lipinski definition) is 4. The van der Waals surface area contributed by atoms with E-state index in [9.17, 15) is 4.79 Å². The number of nitrogens with zero attached hydrogens (tertiary/aromatic N) is 3. The van der Waals surface area contributed by atoms with E-state index in [1.54, 1.807) is 18.3 Å². The van der Waals surface area contributed by atoms with Gasteiger partial charge in [0.2, 0.25) is 5.78 Å². The van der Waals surface area contributed by atoms with Crippen molar-refractivity contribution in [2.75, 3.05) is 18.0 Å². The third kappa shape index (κ3) is 5.26. The molecule has 0 aliphatic heterocycles. The molecule has 0 atom stereocenters. The second kappa shape index (κ2) is 10.1. The van der Waals surface area contributed by atoms with Crippen LogP contribution in [0.1, 0.15) is 35.3 Å². The Kier molecular flexibility index (Phi) is 7.06. The van der Waals surface area contributed by atoms with Gasteiger partial charge in [-0.2, -0.15) is 5.10 Å². The van der Waals surface area contributed by atoms with Gasteiger partial charge in [-0.1, -0.05) is 72.8 Å². The van der Waals surface area contributed by atoms with Crippen molar-refractivity contribution in [2.45, 2.75) is 13.8 Å². The van der Waals surface area contributed by atoms with Gasteiger partial charge >= 0.3 is 0 Å². The molecule has 29 heavy (non-hydrogen) atoms. The Labute approximate surface area is 172 Å². The molecule has 4 nitrogen and oxygen atoms in total. The second-order valence-electron chi connectivity index (χ2n) is 6.52. The molecule has 0 radical (unpaired) electrons. The van der Waals surface area contributed by atoms with E-state index in [1.807, 2.05) is 60.7 Å². The molecule has 0 heterocycles. The number of ketones is 1. The molecule has 0 bridgehead atoms. The first-order valence-electron chi connectivity index (χ1n) is 9.84. The first-order valence-corrected chi connectivity index (χ1v) is 9.84. The zero-order valence-corrected chi connectivity index (χ0v) is 16.8. The summed E-state index contributed by atoms with van der Waals surface area (Å²) >= 11 is 0. The van der Waals surface area contributed by atoms with Crippen LogP contribution in [-0.4, -0.2) is 30.8 Å². The molecule has 0 unspecified atom stereocenters. The van der Waals surface area contributed by atoms with Gasteiger partial charge in [0.15, 0.2) is 0 Å². The molecule has 0 N–H and O–H groups in total. The fourth-order valence-corrected chi connectivity index (χ4v) is 3.07. The molecule has 0 amide bonds. The number of carbonyl (C=O) groups excluding carboxylic acids is 1. The largest absolute Gasteiger partial charge is 0.372 e. The van der Waals surface area contributed by atoms with Crippen LogP contribution in [0.15, 0.2) is 95.1 Å². The predicted molar refractivity (Wildman–Crippen MR) is 121 cm³/mol. The van der Waals surface area contributed by atoms with Crippen LogP contribution in [0.25, 0.3) is 0 Å². The van der Waals surface area contributed by atoms with Crippen molar-refractivity contribution in [1.29, 1.82) is 0 Å². The van der Waals surface area contributed by atoms with Crippen molar-refractivity contribution in [3.63, 3.8) is 0 Å². The van der Waals surface area contributed by atoms with E-state index in [-0.39, 0.29) is 5.78 Å². The number of Topliss-reactive ketones (excluding diaryl/α,β-unsaturated/α-hetero) is 1. The second-order valence-corrected chi connectivity index (χ2v) is 6.52. The van der Waals surface area contributed by atoms with Gasteiger partial charge < -0.3 is 4.90 Å². The normalized spacial score (nSPS) is 11.6. The molecule has 3 rings (SSSR count). The Balaban J connectivity index is 1.86. The average Bonchev–Trinajstić information content (AvgIpc) is 2.79. The maximum absolute atomic E-state index is 13.0. The van der Waals surface area contributed by atoms with Crippen molar-refractivity contribution in [1.82, 2.24) is 0 Å². The van der Waals surface area contributed by atoms with Gasteiger partial charge in [-0.05, 0) is 31.5 Å². The molecule has 0 aliphatic carbocycles. The Bertz CT molecular complexity index is 974. The van der Waals surface area contributed by atoms with Gasteiger partial charge in [-0.3, -0.25) is 4.79 Å². The fraction of sp³-hybridized carbons (Fsp3) is 0.160. The average molecular weight is 383 g/mol. The molecule has 0 saturated carbocycles. The van der Waals surface area contributed by atoms with Crippen LogP contribution in [0.5, 0.6) is 0 Å². The van der Waals surface area contributed by atoms with Crippen LogP contribution in [0.3, 0.4) is 0 Å². The molecule has 0 fully saturated rings. The van der Waals surface area contributed by atoms with Gasteiger partial charge in [-0.15, -0.1) is 5.10 Å². The molecular formula is C25H25N3O. The third-order valence-corrected chi connectivity index (χ3v) is 4.68. The number of hydrogen-bond donors (Lipinski definition) is 0. The van der Waals surface area contributed by atoms with E-state index in [4.69, 9.17) is 0 Å². The minimum absolute atomic E-state index is 0.147. The summed E-state index contributed by atoms with van der Waals surface area (Å²) in [7, 11) is 0. The van der Waals surface area contributed by atoms with E-state index in [1.165, 1.54) is 5.69 Å². The third-order valence-electron chi connectivity index (χ3n) is 4.68. The van der Waals surface area contributed by atoms with Crippen molar-refractivity contribution in [3.8, 4) is 0 Å². The lowest BCUT2D eigenvalue weighted by molar-refractivity contribution is 0.106. The highest BCUT2D eigenvalue weighted by Crippen LogP contribution is 2.14. The number of benzene rings is 3. The van der Waals surface area contributed by atoms with Gasteiger partial charge in [0, 0.05) is 29.9 Å². The molecule has 0 aliphatic rings. The summed E-state index contributed by atoms with van der Waals surface area (Å²) in [5, 5.41) is 8.49. The summed E-state index contributed by atoms with van der Waals surface area (Å²) in [6, 6.07) is 26.7. The number of anilines is 1. The standard InChI is InChI=1S/C25H25N3O/c1-3-28(4-2)23-17-15-20(16-18-23)19-26-27-24(21-11-7-5-8-12-21)25(29)22-13-9-6-10-14-22/h5-19H,3-4H2,1-2H3/b26-19-,27-24+. The highest BCUT2D eigenvalue weighted by atomic mass is 16.1. The van der Waals surface area contributed by atoms with E-state index in [2.05, 4.69) is 41.1 Å². The van der Waals surface area contributed by atoms with Crippen molar-refractivity contribution < 1.29 is 4.79 Å². The van der Waals surface area contributed by atoms with E-state index in [0.29, 0.717) is 11.3 Å². The van der Waals surface area contributed by atoms with Crippen LogP contribution in [-0.2, 0) is 0 Å². The highest BCUT2D eigenvalue weighted by molar-refractivity contribution is 6.51. The molecule has 3 aromatic rings. The summed E-state index contributed by atoms with van der Waals surface area (Å²) in [6.45, 7) is 6.22. The van der Waals surface area contributed by atoms with Gasteiger partial charge in [0.05, 0.1) is 6.21 Å². The lowest BCUT2D eigenvalue weighted by Crippen LogP contribution is -2.21. The Morgan fingerprint density at radius 2 is 1.34 bits per heavy atom. The fourth-order valence-electron chi connectivity index (χ4n) is 3.07. The van der Waals surface area contributed by atoms with Crippen LogP contribution in [0, 0.1) is 0 Å². The highest BCUT2D eigenvalue weighted by Gasteiger charge is 2.16. The zero-order valence-electron chi connectivity index (χ0n) is 16.8. The molecule has 146 valence electrons. The Morgan fingerprint density at radius 3 is 1.90 bits per heavy atom. The maximum Gasteiger partial charge on any atom is 0.213 e. The van der Waals surface area contributed by atoms with Crippen molar-refractivity contribution in [2.24, 2.45) is 10.2 Å². The minimum atomic E-state index is -0.147. The first kappa shape index (κ1) is 20.2. The predicted octanol–water partition coefficient (Wildman–Crippen LogP) is 5.24. The summed E-state index contributed by atoms with van der Waals surface area (Å²) in [6.07, 6.45) is 1.67. The van der Waals surface area contributed by atoms with Crippen LogP contribution in [0.4, 0.5) is 5.69 Å².